The van der Waals surface area contributed by atoms with Crippen molar-refractivity contribution in [2.75, 3.05) is 5.73 Å². The number of aromatic amines is 1. The van der Waals surface area contributed by atoms with Crippen molar-refractivity contribution in [1.29, 1.82) is 0 Å². The summed E-state index contributed by atoms with van der Waals surface area (Å²) < 4.78 is 0. The Labute approximate surface area is 80.4 Å². The molecule has 0 amide bonds. The van der Waals surface area contributed by atoms with Crippen molar-refractivity contribution in [3.05, 3.63) is 46.8 Å². The molecule has 0 bridgehead atoms. The van der Waals surface area contributed by atoms with E-state index in [4.69, 9.17) is 5.73 Å². The van der Waals surface area contributed by atoms with Crippen molar-refractivity contribution in [3.8, 4) is 11.3 Å². The Morgan fingerprint density at radius 1 is 1.21 bits per heavy atom. The summed E-state index contributed by atoms with van der Waals surface area (Å²) in [6, 6.07) is 10.8. The van der Waals surface area contributed by atoms with Gasteiger partial charge in [0.15, 0.2) is 0 Å². The molecule has 3 N–H and O–H groups in total. The van der Waals surface area contributed by atoms with Gasteiger partial charge in [-0.1, -0.05) is 30.3 Å². The van der Waals surface area contributed by atoms with E-state index in [-0.39, 0.29) is 5.56 Å². The van der Waals surface area contributed by atoms with Gasteiger partial charge >= 0.3 is 0 Å². The lowest BCUT2D eigenvalue weighted by molar-refractivity contribution is 0.998. The number of benzene rings is 1. The molecule has 70 valence electrons. The second kappa shape index (κ2) is 3.33. The summed E-state index contributed by atoms with van der Waals surface area (Å²) in [6.45, 7) is 0. The maximum Gasteiger partial charge on any atom is 0.266 e. The van der Waals surface area contributed by atoms with E-state index in [0.717, 1.165) is 5.56 Å². The average Bonchev–Trinajstić information content (AvgIpc) is 2.19. The highest BCUT2D eigenvalue weighted by Gasteiger charge is 2.03. The number of aromatic nitrogens is 2. The number of nitrogen functional groups attached to an aromatic ring is 1. The quantitative estimate of drug-likeness (QED) is 0.700. The third-order valence-electron chi connectivity index (χ3n) is 1.89. The molecule has 1 heterocycles. The van der Waals surface area contributed by atoms with Crippen LogP contribution in [0, 0.1) is 0 Å². The number of hydrogen-bond donors (Lipinski definition) is 2. The van der Waals surface area contributed by atoms with Gasteiger partial charge in [0.25, 0.3) is 5.56 Å². The summed E-state index contributed by atoms with van der Waals surface area (Å²) in [4.78, 5) is 10.9. The number of rotatable bonds is 1. The van der Waals surface area contributed by atoms with Gasteiger partial charge in [0.2, 0.25) is 0 Å². The second-order valence-corrected chi connectivity index (χ2v) is 2.90. The van der Waals surface area contributed by atoms with E-state index in [2.05, 4.69) is 10.2 Å². The summed E-state index contributed by atoms with van der Waals surface area (Å²) in [6.07, 6.45) is 0. The summed E-state index contributed by atoms with van der Waals surface area (Å²) in [7, 11) is 0. The maximum atomic E-state index is 10.9. The number of H-pyrrole nitrogens is 1. The zero-order valence-electron chi connectivity index (χ0n) is 7.40. The number of anilines is 1. The van der Waals surface area contributed by atoms with E-state index in [0.29, 0.717) is 11.4 Å². The van der Waals surface area contributed by atoms with Crippen LogP contribution >= 0.6 is 0 Å². The predicted octanol–water partition coefficient (Wildman–Crippen LogP) is 1.02. The maximum absolute atomic E-state index is 10.9. The van der Waals surface area contributed by atoms with Crippen molar-refractivity contribution in [1.82, 2.24) is 10.2 Å². The summed E-state index contributed by atoms with van der Waals surface area (Å²) in [5.74, 6) is 0. The lowest BCUT2D eigenvalue weighted by Crippen LogP contribution is -2.09. The Morgan fingerprint density at radius 3 is 2.57 bits per heavy atom. The molecule has 14 heavy (non-hydrogen) atoms. The van der Waals surface area contributed by atoms with Crippen molar-refractivity contribution >= 4 is 5.69 Å². The fraction of sp³-hybridized carbons (Fsp3) is 0. The molecule has 1 aromatic carbocycles. The van der Waals surface area contributed by atoms with Gasteiger partial charge in [-0.15, -0.1) is 0 Å². The SMILES string of the molecule is Nc1cc(=O)[nH]nc1-c1ccccc1. The van der Waals surface area contributed by atoms with Crippen LogP contribution in [-0.4, -0.2) is 10.2 Å². The molecular formula is C10H9N3O. The predicted molar refractivity (Wildman–Crippen MR) is 54.7 cm³/mol. The first-order valence-electron chi connectivity index (χ1n) is 4.18. The number of hydrogen-bond acceptors (Lipinski definition) is 3. The Kier molecular flexibility index (Phi) is 2.02. The lowest BCUT2D eigenvalue weighted by Gasteiger charge is -2.01. The normalized spacial score (nSPS) is 10.0. The van der Waals surface area contributed by atoms with Crippen molar-refractivity contribution in [2.45, 2.75) is 0 Å². The van der Waals surface area contributed by atoms with E-state index >= 15 is 0 Å². The molecule has 0 fully saturated rings. The van der Waals surface area contributed by atoms with Gasteiger partial charge in [-0.2, -0.15) is 5.10 Å². The first-order chi connectivity index (χ1) is 6.77. The smallest absolute Gasteiger partial charge is 0.266 e. The molecule has 0 aliphatic rings. The van der Waals surface area contributed by atoms with Gasteiger partial charge in [-0.25, -0.2) is 5.10 Å². The minimum Gasteiger partial charge on any atom is -0.397 e. The molecule has 0 aliphatic heterocycles. The highest BCUT2D eigenvalue weighted by molar-refractivity contribution is 5.71. The molecule has 0 spiro atoms. The van der Waals surface area contributed by atoms with Gasteiger partial charge in [0.05, 0.1) is 5.69 Å². The van der Waals surface area contributed by atoms with Crippen LogP contribution in [0.4, 0.5) is 5.69 Å². The van der Waals surface area contributed by atoms with E-state index in [9.17, 15) is 4.79 Å². The van der Waals surface area contributed by atoms with Crippen LogP contribution in [0.5, 0.6) is 0 Å². The van der Waals surface area contributed by atoms with E-state index < -0.39 is 0 Å². The molecule has 1 aromatic heterocycles. The van der Waals surface area contributed by atoms with Gasteiger partial charge in [0.1, 0.15) is 5.69 Å². The molecule has 0 saturated heterocycles. The zero-order valence-corrected chi connectivity index (χ0v) is 7.40. The Morgan fingerprint density at radius 2 is 1.93 bits per heavy atom. The van der Waals surface area contributed by atoms with Crippen LogP contribution in [-0.2, 0) is 0 Å². The first-order valence-corrected chi connectivity index (χ1v) is 4.18. The number of nitrogens with zero attached hydrogens (tertiary/aromatic N) is 1. The van der Waals surface area contributed by atoms with Crippen molar-refractivity contribution < 1.29 is 0 Å². The molecule has 0 saturated carbocycles. The summed E-state index contributed by atoms with van der Waals surface area (Å²) in [5, 5.41) is 6.24. The lowest BCUT2D eigenvalue weighted by atomic mass is 10.1. The molecule has 0 unspecified atom stereocenters. The van der Waals surface area contributed by atoms with Gasteiger partial charge in [-0.3, -0.25) is 4.79 Å². The van der Waals surface area contributed by atoms with Crippen LogP contribution in [0.25, 0.3) is 11.3 Å². The molecule has 0 atom stereocenters. The minimum atomic E-state index is -0.290. The van der Waals surface area contributed by atoms with Crippen LogP contribution in [0.3, 0.4) is 0 Å². The van der Waals surface area contributed by atoms with Crippen LogP contribution in [0.2, 0.25) is 0 Å². The van der Waals surface area contributed by atoms with Crippen LogP contribution in [0.15, 0.2) is 41.2 Å². The Hall–Kier alpha value is -2.10. The molecule has 2 rings (SSSR count). The van der Waals surface area contributed by atoms with E-state index in [1.54, 1.807) is 0 Å². The average molecular weight is 187 g/mol. The van der Waals surface area contributed by atoms with Gasteiger partial charge < -0.3 is 5.73 Å². The van der Waals surface area contributed by atoms with Gasteiger partial charge in [-0.05, 0) is 0 Å². The van der Waals surface area contributed by atoms with E-state index in [1.165, 1.54) is 6.07 Å². The monoisotopic (exact) mass is 187 g/mol. The largest absolute Gasteiger partial charge is 0.397 e. The molecule has 0 radical (unpaired) electrons. The molecule has 2 aromatic rings. The Balaban J connectivity index is 2.58. The van der Waals surface area contributed by atoms with Crippen molar-refractivity contribution in [3.63, 3.8) is 0 Å². The van der Waals surface area contributed by atoms with E-state index in [1.807, 2.05) is 30.3 Å². The molecule has 4 heteroatoms. The summed E-state index contributed by atoms with van der Waals surface area (Å²) >= 11 is 0. The number of nitrogens with one attached hydrogen (secondary N) is 1. The second-order valence-electron chi connectivity index (χ2n) is 2.90. The molecule has 4 nitrogen and oxygen atoms in total. The number of nitrogens with two attached hydrogens (primary N) is 1. The highest BCUT2D eigenvalue weighted by atomic mass is 16.1. The topological polar surface area (TPSA) is 71.8 Å². The standard InChI is InChI=1S/C10H9N3O/c11-8-6-9(14)12-13-10(8)7-4-2-1-3-5-7/h1-6H,(H3,11,12,14). The minimum absolute atomic E-state index is 0.290. The summed E-state index contributed by atoms with van der Waals surface area (Å²) in [5.41, 5.74) is 7.26. The van der Waals surface area contributed by atoms with Crippen LogP contribution in [0.1, 0.15) is 0 Å². The third-order valence-corrected chi connectivity index (χ3v) is 1.89. The third kappa shape index (κ3) is 1.50. The van der Waals surface area contributed by atoms with Gasteiger partial charge in [0, 0.05) is 11.6 Å². The molecular weight excluding hydrogens is 178 g/mol. The van der Waals surface area contributed by atoms with Crippen molar-refractivity contribution in [2.24, 2.45) is 0 Å². The zero-order chi connectivity index (χ0) is 9.97. The highest BCUT2D eigenvalue weighted by Crippen LogP contribution is 2.19. The fourth-order valence-electron chi connectivity index (χ4n) is 1.24. The Bertz CT molecular complexity index is 490. The first kappa shape index (κ1) is 8.50. The molecule has 0 aliphatic carbocycles. The fourth-order valence-corrected chi connectivity index (χ4v) is 1.24. The van der Waals surface area contributed by atoms with Crippen LogP contribution < -0.4 is 11.3 Å².